The van der Waals surface area contributed by atoms with Crippen molar-refractivity contribution in [3.8, 4) is 5.88 Å². The fourth-order valence-electron chi connectivity index (χ4n) is 3.83. The Labute approximate surface area is 252 Å². The molecule has 0 radical (unpaired) electrons. The number of nitrogens with zero attached hydrogens (tertiary/aromatic N) is 5. The number of aromatic nitrogens is 3. The number of aliphatic carboxylic acids is 3. The first kappa shape index (κ1) is 39.5. The number of ether oxygens (including phenoxy) is 1. The van der Waals surface area contributed by atoms with Crippen LogP contribution >= 0.6 is 0 Å². The van der Waals surface area contributed by atoms with Gasteiger partial charge in [-0.3, -0.25) is 4.90 Å². The zero-order valence-electron chi connectivity index (χ0n) is 23.3. The summed E-state index contributed by atoms with van der Waals surface area (Å²) < 4.78 is 114. The molecule has 1 spiro atoms. The predicted molar refractivity (Wildman–Crippen MR) is 133 cm³/mol. The van der Waals surface area contributed by atoms with E-state index < -0.39 is 42.3 Å². The van der Waals surface area contributed by atoms with Crippen LogP contribution in [0.2, 0.25) is 0 Å². The quantitative estimate of drug-likeness (QED) is 0.398. The number of likely N-dealkylation sites (tertiary alicyclic amines) is 1. The van der Waals surface area contributed by atoms with E-state index in [1.807, 2.05) is 18.2 Å². The number of pyridine rings is 1. The van der Waals surface area contributed by atoms with E-state index in [2.05, 4.69) is 31.8 Å². The molecule has 46 heavy (non-hydrogen) atoms. The maximum absolute atomic E-state index is 13.0. The molecule has 1 unspecified atom stereocenters. The molecule has 1 atom stereocenters. The number of carboxylic acid groups (broad SMARTS) is 3. The van der Waals surface area contributed by atoms with Crippen LogP contribution in [0.25, 0.3) is 0 Å². The number of piperidine rings is 1. The van der Waals surface area contributed by atoms with Gasteiger partial charge in [0.2, 0.25) is 11.8 Å². The summed E-state index contributed by atoms with van der Waals surface area (Å²) in [6.07, 6.45) is -8.85. The molecule has 0 bridgehead atoms. The zero-order chi connectivity index (χ0) is 35.5. The second kappa shape index (κ2) is 16.2. The lowest BCUT2D eigenvalue weighted by atomic mass is 9.75. The molecule has 22 heteroatoms. The van der Waals surface area contributed by atoms with Crippen LogP contribution in [0.3, 0.4) is 0 Å². The first-order valence-corrected chi connectivity index (χ1v) is 12.4. The molecule has 0 saturated carbocycles. The molecule has 0 amide bonds. The Morgan fingerprint density at radius 2 is 1.33 bits per heavy atom. The molecule has 0 aliphatic carbocycles. The van der Waals surface area contributed by atoms with Crippen LogP contribution in [0.15, 0.2) is 36.8 Å². The van der Waals surface area contributed by atoms with Crippen molar-refractivity contribution in [2.45, 2.75) is 36.9 Å². The van der Waals surface area contributed by atoms with Gasteiger partial charge in [-0.2, -0.15) is 39.5 Å². The fraction of sp³-hybridized carbons (Fsp3) is 0.500. The highest BCUT2D eigenvalue weighted by Gasteiger charge is 2.50. The second-order valence-electron chi connectivity index (χ2n) is 9.45. The van der Waals surface area contributed by atoms with E-state index in [0.29, 0.717) is 24.4 Å². The largest absolute Gasteiger partial charge is 0.490 e. The fourth-order valence-corrected chi connectivity index (χ4v) is 3.83. The number of carboxylic acids is 3. The van der Waals surface area contributed by atoms with E-state index in [1.54, 1.807) is 6.20 Å². The first-order valence-electron chi connectivity index (χ1n) is 12.4. The molecule has 4 rings (SSSR count). The van der Waals surface area contributed by atoms with Gasteiger partial charge in [0.15, 0.2) is 5.82 Å². The minimum absolute atomic E-state index is 0.133. The van der Waals surface area contributed by atoms with Crippen molar-refractivity contribution in [3.05, 3.63) is 42.6 Å². The van der Waals surface area contributed by atoms with Crippen molar-refractivity contribution in [1.29, 1.82) is 0 Å². The minimum Gasteiger partial charge on any atom is -0.477 e. The van der Waals surface area contributed by atoms with Crippen LogP contribution in [-0.4, -0.2) is 110 Å². The number of anilines is 1. The lowest BCUT2D eigenvalue weighted by Crippen LogP contribution is -2.72. The van der Waals surface area contributed by atoms with E-state index in [9.17, 15) is 43.9 Å². The van der Waals surface area contributed by atoms with E-state index in [-0.39, 0.29) is 5.54 Å². The molecule has 3 N–H and O–H groups in total. The van der Waals surface area contributed by atoms with Crippen molar-refractivity contribution in [3.63, 3.8) is 0 Å². The van der Waals surface area contributed by atoms with Crippen molar-refractivity contribution in [1.82, 2.24) is 19.9 Å². The monoisotopic (exact) mass is 685 g/mol. The second-order valence-corrected chi connectivity index (χ2v) is 9.45. The van der Waals surface area contributed by atoms with Gasteiger partial charge in [-0.1, -0.05) is 6.07 Å². The first-order chi connectivity index (χ1) is 21.0. The van der Waals surface area contributed by atoms with Gasteiger partial charge in [-0.25, -0.2) is 33.7 Å². The van der Waals surface area contributed by atoms with Gasteiger partial charge >= 0.3 is 36.4 Å². The number of rotatable bonds is 4. The standard InChI is InChI=1S/C18H22FN5O.3C2HF3O2/c1-23-7-5-14(11-25-16-4-2-3-6-20-16)8-18(23)12-24(13-18)17-21-9-15(19)10-22-17;3*3-2(4,5)1(6)7/h2-4,6,9-10,14H,5,7-8,11-13H2,1H3;3*(H,6,7). The molecular weight excluding hydrogens is 660 g/mol. The van der Waals surface area contributed by atoms with Crippen LogP contribution in [0.5, 0.6) is 5.88 Å². The average Bonchev–Trinajstić information content (AvgIpc) is 2.92. The SMILES string of the molecule is CN1CCC(COc2ccccn2)CC12CN(c1ncc(F)cn1)C2.O=C(O)C(F)(F)F.O=C(O)C(F)(F)F.O=C(O)C(F)(F)F. The molecule has 2 saturated heterocycles. The highest BCUT2D eigenvalue weighted by atomic mass is 19.4. The van der Waals surface area contributed by atoms with Crippen LogP contribution in [0, 0.1) is 11.7 Å². The Kier molecular flexibility index (Phi) is 13.9. The summed E-state index contributed by atoms with van der Waals surface area (Å²) in [4.78, 5) is 43.6. The van der Waals surface area contributed by atoms with E-state index in [1.165, 1.54) is 12.4 Å². The number of halogens is 10. The van der Waals surface area contributed by atoms with Crippen molar-refractivity contribution < 1.29 is 78.3 Å². The van der Waals surface area contributed by atoms with Crippen LogP contribution < -0.4 is 9.64 Å². The Hall–Kier alpha value is -4.50. The Bertz CT molecular complexity index is 1220. The van der Waals surface area contributed by atoms with E-state index in [4.69, 9.17) is 34.4 Å². The number of hydrogen-bond acceptors (Lipinski definition) is 9. The van der Waals surface area contributed by atoms with Gasteiger partial charge in [-0.05, 0) is 38.4 Å². The maximum Gasteiger partial charge on any atom is 0.490 e. The molecule has 2 aromatic heterocycles. The van der Waals surface area contributed by atoms with Crippen molar-refractivity contribution in [2.75, 3.05) is 38.2 Å². The van der Waals surface area contributed by atoms with Gasteiger partial charge in [0.05, 0.1) is 24.5 Å². The van der Waals surface area contributed by atoms with Crippen molar-refractivity contribution >= 4 is 23.9 Å². The van der Waals surface area contributed by atoms with Crippen LogP contribution in [0.4, 0.5) is 49.9 Å². The number of alkyl halides is 9. The molecule has 2 aliphatic rings. The topological polar surface area (TPSA) is 166 Å². The molecule has 2 aliphatic heterocycles. The summed E-state index contributed by atoms with van der Waals surface area (Å²) in [5.41, 5.74) is 0.133. The van der Waals surface area contributed by atoms with Gasteiger partial charge in [0.25, 0.3) is 0 Å². The lowest BCUT2D eigenvalue weighted by molar-refractivity contribution is -0.193. The maximum atomic E-state index is 13.0. The summed E-state index contributed by atoms with van der Waals surface area (Å²) in [6, 6.07) is 5.71. The summed E-state index contributed by atoms with van der Waals surface area (Å²) in [5, 5.41) is 21.4. The Morgan fingerprint density at radius 1 is 0.870 bits per heavy atom. The third-order valence-corrected chi connectivity index (χ3v) is 6.04. The lowest BCUT2D eigenvalue weighted by Gasteiger charge is -2.58. The molecule has 2 fully saturated rings. The van der Waals surface area contributed by atoms with Gasteiger partial charge < -0.3 is 25.0 Å². The summed E-state index contributed by atoms with van der Waals surface area (Å²) >= 11 is 0. The van der Waals surface area contributed by atoms with Gasteiger partial charge in [0.1, 0.15) is 0 Å². The number of hydrogen-bond donors (Lipinski definition) is 3. The predicted octanol–water partition coefficient (Wildman–Crippen LogP) is 3.89. The highest BCUT2D eigenvalue weighted by Crippen LogP contribution is 2.39. The van der Waals surface area contributed by atoms with Gasteiger partial charge in [-0.15, -0.1) is 0 Å². The molecule has 12 nitrogen and oxygen atoms in total. The van der Waals surface area contributed by atoms with Crippen LogP contribution in [-0.2, 0) is 14.4 Å². The molecule has 4 heterocycles. The average molecular weight is 685 g/mol. The third-order valence-electron chi connectivity index (χ3n) is 6.04. The zero-order valence-corrected chi connectivity index (χ0v) is 23.3. The number of carbonyl (C=O) groups is 3. The smallest absolute Gasteiger partial charge is 0.477 e. The number of likely N-dealkylation sites (N-methyl/N-ethyl adjacent to an activating group) is 1. The molecule has 0 aromatic carbocycles. The Balaban J connectivity index is 0.000000413. The highest BCUT2D eigenvalue weighted by molar-refractivity contribution is 5.73. The Morgan fingerprint density at radius 3 is 1.72 bits per heavy atom. The molecule has 258 valence electrons. The summed E-state index contributed by atoms with van der Waals surface area (Å²) in [6.45, 7) is 3.48. The van der Waals surface area contributed by atoms with E-state index in [0.717, 1.165) is 32.5 Å². The summed E-state index contributed by atoms with van der Waals surface area (Å²) in [7, 11) is 2.18. The summed E-state index contributed by atoms with van der Waals surface area (Å²) in [5.74, 6) is -6.87. The normalized spacial score (nSPS) is 17.5. The third kappa shape index (κ3) is 13.2. The van der Waals surface area contributed by atoms with Crippen molar-refractivity contribution in [2.24, 2.45) is 5.92 Å². The molecular formula is C24H25F10N5O7. The van der Waals surface area contributed by atoms with Crippen LogP contribution in [0.1, 0.15) is 12.8 Å². The van der Waals surface area contributed by atoms with E-state index >= 15 is 0 Å². The van der Waals surface area contributed by atoms with Gasteiger partial charge in [0, 0.05) is 25.4 Å². The molecule has 2 aromatic rings. The minimum atomic E-state index is -5.08.